The number of nitrogens with one attached hydrogen (secondary N) is 1. The number of amides is 1. The molecule has 0 saturated carbocycles. The Kier molecular flexibility index (Phi) is 5.34. The van der Waals surface area contributed by atoms with E-state index in [4.69, 9.17) is 11.6 Å². The Morgan fingerprint density at radius 2 is 2.00 bits per heavy atom. The van der Waals surface area contributed by atoms with Gasteiger partial charge in [0.05, 0.1) is 4.92 Å². The fourth-order valence-corrected chi connectivity index (χ4v) is 2.44. The van der Waals surface area contributed by atoms with Crippen LogP contribution in [0.2, 0.25) is 5.02 Å². The van der Waals surface area contributed by atoms with Crippen molar-refractivity contribution < 1.29 is 9.72 Å². The number of anilines is 1. The van der Waals surface area contributed by atoms with Gasteiger partial charge in [-0.2, -0.15) is 0 Å². The Bertz CT molecular complexity index is 746. The highest BCUT2D eigenvalue weighted by Gasteiger charge is 2.17. The molecule has 1 N–H and O–H groups in total. The summed E-state index contributed by atoms with van der Waals surface area (Å²) in [5.41, 5.74) is 1.66. The first-order valence-electron chi connectivity index (χ1n) is 7.28. The summed E-state index contributed by atoms with van der Waals surface area (Å²) < 4.78 is 0. The van der Waals surface area contributed by atoms with Gasteiger partial charge in [0.2, 0.25) is 0 Å². The highest BCUT2D eigenvalue weighted by Crippen LogP contribution is 2.28. The number of nitrogens with zero attached hydrogens (tertiary/aromatic N) is 1. The fraction of sp³-hybridized carbons (Fsp3) is 0.235. The number of hydrogen-bond donors (Lipinski definition) is 1. The molecule has 0 aromatic heterocycles. The van der Waals surface area contributed by atoms with Crippen molar-refractivity contribution in [2.24, 2.45) is 0 Å². The molecule has 0 radical (unpaired) electrons. The number of carbonyl (C=O) groups is 1. The number of nitro benzene ring substituents is 1. The summed E-state index contributed by atoms with van der Waals surface area (Å²) in [6.07, 6.45) is 0.944. The van der Waals surface area contributed by atoms with Gasteiger partial charge < -0.3 is 5.32 Å². The van der Waals surface area contributed by atoms with Gasteiger partial charge in [-0.1, -0.05) is 43.6 Å². The molecule has 0 heterocycles. The van der Waals surface area contributed by atoms with Crippen LogP contribution in [0.4, 0.5) is 11.4 Å². The molecule has 0 aliphatic heterocycles. The number of rotatable bonds is 5. The van der Waals surface area contributed by atoms with Crippen LogP contribution in [-0.4, -0.2) is 10.8 Å². The Hall–Kier alpha value is -2.40. The van der Waals surface area contributed by atoms with Crippen molar-refractivity contribution in [3.05, 3.63) is 68.7 Å². The third-order valence-electron chi connectivity index (χ3n) is 3.76. The summed E-state index contributed by atoms with van der Waals surface area (Å²) in [6, 6.07) is 11.6. The molecule has 5 nitrogen and oxygen atoms in total. The zero-order chi connectivity index (χ0) is 17.0. The van der Waals surface area contributed by atoms with Crippen LogP contribution in [0.25, 0.3) is 0 Å². The molecule has 1 unspecified atom stereocenters. The third-order valence-corrected chi connectivity index (χ3v) is 4.08. The van der Waals surface area contributed by atoms with Crippen molar-refractivity contribution in [1.29, 1.82) is 0 Å². The van der Waals surface area contributed by atoms with E-state index in [1.165, 1.54) is 18.2 Å². The predicted octanol–water partition coefficient (Wildman–Crippen LogP) is 5.01. The van der Waals surface area contributed by atoms with Crippen molar-refractivity contribution in [2.75, 3.05) is 5.32 Å². The van der Waals surface area contributed by atoms with Gasteiger partial charge in [-0.15, -0.1) is 0 Å². The summed E-state index contributed by atoms with van der Waals surface area (Å²) in [6.45, 7) is 4.16. The molecule has 2 aromatic rings. The summed E-state index contributed by atoms with van der Waals surface area (Å²) in [7, 11) is 0. The van der Waals surface area contributed by atoms with Crippen LogP contribution in [0.1, 0.15) is 42.1 Å². The van der Waals surface area contributed by atoms with Gasteiger partial charge >= 0.3 is 0 Å². The van der Waals surface area contributed by atoms with E-state index in [2.05, 4.69) is 19.2 Å². The van der Waals surface area contributed by atoms with Crippen LogP contribution in [0.3, 0.4) is 0 Å². The number of benzene rings is 2. The SMILES string of the molecule is CCC(C)c1ccccc1NC(=O)c1ccc(Cl)c([N+](=O)[O-])c1. The van der Waals surface area contributed by atoms with E-state index in [0.29, 0.717) is 11.6 Å². The molecule has 0 aliphatic rings. The Balaban J connectivity index is 2.30. The first-order valence-corrected chi connectivity index (χ1v) is 7.66. The molecule has 2 rings (SSSR count). The molecule has 6 heteroatoms. The van der Waals surface area contributed by atoms with E-state index in [-0.39, 0.29) is 16.3 Å². The second-order valence-electron chi connectivity index (χ2n) is 5.27. The average Bonchev–Trinajstić information content (AvgIpc) is 2.54. The van der Waals surface area contributed by atoms with Gasteiger partial charge in [-0.3, -0.25) is 14.9 Å². The zero-order valence-corrected chi connectivity index (χ0v) is 13.6. The number of hydrogen-bond acceptors (Lipinski definition) is 3. The first kappa shape index (κ1) is 17.0. The number of para-hydroxylation sites is 1. The lowest BCUT2D eigenvalue weighted by Crippen LogP contribution is -2.14. The van der Waals surface area contributed by atoms with Gasteiger partial charge in [0, 0.05) is 17.3 Å². The van der Waals surface area contributed by atoms with Crippen molar-refractivity contribution in [2.45, 2.75) is 26.2 Å². The molecule has 0 fully saturated rings. The monoisotopic (exact) mass is 332 g/mol. The standard InChI is InChI=1S/C17H17ClN2O3/c1-3-11(2)13-6-4-5-7-15(13)19-17(21)12-8-9-14(18)16(10-12)20(22)23/h4-11H,3H2,1-2H3,(H,19,21). The minimum atomic E-state index is -0.605. The lowest BCUT2D eigenvalue weighted by atomic mass is 9.97. The van der Waals surface area contributed by atoms with Crippen LogP contribution < -0.4 is 5.32 Å². The normalized spacial score (nSPS) is 11.8. The minimum Gasteiger partial charge on any atom is -0.322 e. The number of halogens is 1. The van der Waals surface area contributed by atoms with Gasteiger partial charge in [0.15, 0.2) is 0 Å². The molecule has 1 amide bonds. The maximum Gasteiger partial charge on any atom is 0.288 e. The molecular formula is C17H17ClN2O3. The third kappa shape index (κ3) is 3.87. The minimum absolute atomic E-state index is 0.00607. The van der Waals surface area contributed by atoms with Crippen LogP contribution in [-0.2, 0) is 0 Å². The molecule has 0 aliphatic carbocycles. The van der Waals surface area contributed by atoms with Crippen LogP contribution in [0.5, 0.6) is 0 Å². The van der Waals surface area contributed by atoms with Gasteiger partial charge in [-0.25, -0.2) is 0 Å². The van der Waals surface area contributed by atoms with Gasteiger partial charge in [-0.05, 0) is 36.1 Å². The van der Waals surface area contributed by atoms with E-state index < -0.39 is 10.8 Å². The van der Waals surface area contributed by atoms with Gasteiger partial charge in [0.1, 0.15) is 5.02 Å². The highest BCUT2D eigenvalue weighted by molar-refractivity contribution is 6.32. The number of carbonyl (C=O) groups excluding carboxylic acids is 1. The quantitative estimate of drug-likeness (QED) is 0.617. The van der Waals surface area contributed by atoms with Crippen LogP contribution >= 0.6 is 11.6 Å². The molecule has 1 atom stereocenters. The zero-order valence-electron chi connectivity index (χ0n) is 12.9. The van der Waals surface area contributed by atoms with Crippen molar-refractivity contribution in [3.63, 3.8) is 0 Å². The van der Waals surface area contributed by atoms with E-state index in [1.807, 2.05) is 24.3 Å². The lowest BCUT2D eigenvalue weighted by Gasteiger charge is -2.15. The highest BCUT2D eigenvalue weighted by atomic mass is 35.5. The molecular weight excluding hydrogens is 316 g/mol. The van der Waals surface area contributed by atoms with E-state index in [1.54, 1.807) is 0 Å². The summed E-state index contributed by atoms with van der Waals surface area (Å²) in [5, 5.41) is 13.8. The van der Waals surface area contributed by atoms with Gasteiger partial charge in [0.25, 0.3) is 11.6 Å². The summed E-state index contributed by atoms with van der Waals surface area (Å²) in [5.74, 6) is -0.105. The van der Waals surface area contributed by atoms with Crippen molar-refractivity contribution in [1.82, 2.24) is 0 Å². The van der Waals surface area contributed by atoms with Crippen LogP contribution in [0, 0.1) is 10.1 Å². The molecule has 2 aromatic carbocycles. The maximum absolute atomic E-state index is 12.4. The fourth-order valence-electron chi connectivity index (χ4n) is 2.25. The van der Waals surface area contributed by atoms with E-state index in [0.717, 1.165) is 12.0 Å². The van der Waals surface area contributed by atoms with Crippen molar-refractivity contribution in [3.8, 4) is 0 Å². The molecule has 120 valence electrons. The molecule has 0 saturated heterocycles. The molecule has 0 spiro atoms. The summed E-state index contributed by atoms with van der Waals surface area (Å²) in [4.78, 5) is 22.7. The lowest BCUT2D eigenvalue weighted by molar-refractivity contribution is -0.384. The Morgan fingerprint density at radius 3 is 2.65 bits per heavy atom. The van der Waals surface area contributed by atoms with E-state index in [9.17, 15) is 14.9 Å². The average molecular weight is 333 g/mol. The second-order valence-corrected chi connectivity index (χ2v) is 5.68. The maximum atomic E-state index is 12.4. The predicted molar refractivity (Wildman–Crippen MR) is 91.2 cm³/mol. The smallest absolute Gasteiger partial charge is 0.288 e. The topological polar surface area (TPSA) is 72.2 Å². The van der Waals surface area contributed by atoms with E-state index >= 15 is 0 Å². The number of nitro groups is 1. The molecule has 23 heavy (non-hydrogen) atoms. The summed E-state index contributed by atoms with van der Waals surface area (Å²) >= 11 is 5.77. The second kappa shape index (κ2) is 7.24. The Morgan fingerprint density at radius 1 is 1.30 bits per heavy atom. The first-order chi connectivity index (χ1) is 10.9. The van der Waals surface area contributed by atoms with Crippen molar-refractivity contribution >= 4 is 28.9 Å². The Labute approximate surface area is 139 Å². The molecule has 0 bridgehead atoms. The van der Waals surface area contributed by atoms with Crippen LogP contribution in [0.15, 0.2) is 42.5 Å². The largest absolute Gasteiger partial charge is 0.322 e.